The van der Waals surface area contributed by atoms with E-state index in [9.17, 15) is 18.0 Å². The molecule has 26 heavy (non-hydrogen) atoms. The molecule has 10 heteroatoms. The van der Waals surface area contributed by atoms with E-state index < -0.39 is 28.1 Å². The van der Waals surface area contributed by atoms with Gasteiger partial charge in [0.25, 0.3) is 0 Å². The van der Waals surface area contributed by atoms with Crippen molar-refractivity contribution in [3.63, 3.8) is 0 Å². The Morgan fingerprint density at radius 2 is 1.81 bits per heavy atom. The molecule has 3 unspecified atom stereocenters. The van der Waals surface area contributed by atoms with Crippen LogP contribution >= 0.6 is 0 Å². The SMILES string of the molecule is CCOC(=O)NC(C(=O)NCCS(=O)(=O)N1CC(C)OC(C)C1)C(C)C. The van der Waals surface area contributed by atoms with E-state index in [0.717, 1.165) is 0 Å². The van der Waals surface area contributed by atoms with Gasteiger partial charge in [0.1, 0.15) is 6.04 Å². The molecule has 2 amide bonds. The predicted molar refractivity (Wildman–Crippen MR) is 97.2 cm³/mol. The highest BCUT2D eigenvalue weighted by Gasteiger charge is 2.31. The number of carbonyl (C=O) groups is 2. The lowest BCUT2D eigenvalue weighted by Crippen LogP contribution is -2.52. The van der Waals surface area contributed by atoms with E-state index in [1.54, 1.807) is 20.8 Å². The number of morpholine rings is 1. The third kappa shape index (κ3) is 7.08. The average Bonchev–Trinajstić information content (AvgIpc) is 2.51. The number of alkyl carbamates (subject to hydrolysis) is 1. The molecule has 0 aromatic heterocycles. The molecule has 0 spiro atoms. The number of hydrogen-bond acceptors (Lipinski definition) is 6. The van der Waals surface area contributed by atoms with Crippen molar-refractivity contribution in [1.29, 1.82) is 0 Å². The third-order valence-corrected chi connectivity index (χ3v) is 5.74. The summed E-state index contributed by atoms with van der Waals surface area (Å²) in [7, 11) is -3.50. The molecular formula is C16H31N3O6S. The summed E-state index contributed by atoms with van der Waals surface area (Å²) in [5, 5.41) is 5.07. The van der Waals surface area contributed by atoms with Gasteiger partial charge in [0.2, 0.25) is 15.9 Å². The summed E-state index contributed by atoms with van der Waals surface area (Å²) >= 11 is 0. The number of nitrogens with zero attached hydrogens (tertiary/aromatic N) is 1. The topological polar surface area (TPSA) is 114 Å². The lowest BCUT2D eigenvalue weighted by Gasteiger charge is -2.34. The van der Waals surface area contributed by atoms with Crippen LogP contribution in [0, 0.1) is 5.92 Å². The third-order valence-electron chi connectivity index (χ3n) is 3.94. The molecule has 1 fully saturated rings. The number of sulfonamides is 1. The fraction of sp³-hybridized carbons (Fsp3) is 0.875. The van der Waals surface area contributed by atoms with Crippen LogP contribution in [0.3, 0.4) is 0 Å². The summed E-state index contributed by atoms with van der Waals surface area (Å²) in [6, 6.07) is -0.791. The minimum absolute atomic E-state index is 0.0327. The zero-order chi connectivity index (χ0) is 19.9. The molecule has 152 valence electrons. The van der Waals surface area contributed by atoms with Crippen LogP contribution in [0.2, 0.25) is 0 Å². The van der Waals surface area contributed by atoms with Crippen molar-refractivity contribution in [1.82, 2.24) is 14.9 Å². The summed E-state index contributed by atoms with van der Waals surface area (Å²) in [6.45, 7) is 9.67. The molecule has 9 nitrogen and oxygen atoms in total. The van der Waals surface area contributed by atoms with Gasteiger partial charge in [-0.2, -0.15) is 4.31 Å². The number of hydrogen-bond donors (Lipinski definition) is 2. The van der Waals surface area contributed by atoms with Crippen LogP contribution in [-0.2, 0) is 24.3 Å². The van der Waals surface area contributed by atoms with Crippen LogP contribution in [-0.4, -0.2) is 75.0 Å². The molecule has 0 aromatic rings. The molecule has 3 atom stereocenters. The quantitative estimate of drug-likeness (QED) is 0.614. The van der Waals surface area contributed by atoms with Crippen molar-refractivity contribution in [3.05, 3.63) is 0 Å². The van der Waals surface area contributed by atoms with Crippen molar-refractivity contribution in [2.75, 3.05) is 32.0 Å². The molecule has 1 heterocycles. The number of amides is 2. The zero-order valence-corrected chi connectivity index (χ0v) is 17.0. The first kappa shape index (κ1) is 22.7. The molecular weight excluding hydrogens is 362 g/mol. The molecule has 0 saturated carbocycles. The highest BCUT2D eigenvalue weighted by Crippen LogP contribution is 2.14. The van der Waals surface area contributed by atoms with Gasteiger partial charge in [-0.05, 0) is 26.7 Å². The first-order valence-electron chi connectivity index (χ1n) is 8.91. The summed E-state index contributed by atoms with van der Waals surface area (Å²) in [4.78, 5) is 23.8. The van der Waals surface area contributed by atoms with Crippen molar-refractivity contribution in [2.24, 2.45) is 5.92 Å². The molecule has 0 aliphatic carbocycles. The Morgan fingerprint density at radius 1 is 1.23 bits per heavy atom. The summed E-state index contributed by atoms with van der Waals surface area (Å²) < 4.78 is 36.6. The van der Waals surface area contributed by atoms with E-state index >= 15 is 0 Å². The Labute approximate surface area is 155 Å². The van der Waals surface area contributed by atoms with Crippen LogP contribution in [0.5, 0.6) is 0 Å². The first-order valence-corrected chi connectivity index (χ1v) is 10.5. The number of nitrogens with one attached hydrogen (secondary N) is 2. The number of ether oxygens (including phenoxy) is 2. The Morgan fingerprint density at radius 3 is 2.31 bits per heavy atom. The fourth-order valence-corrected chi connectivity index (χ4v) is 4.23. The Bertz CT molecular complexity index is 571. The van der Waals surface area contributed by atoms with Gasteiger partial charge in [0.05, 0.1) is 24.6 Å². The second-order valence-corrected chi connectivity index (χ2v) is 8.86. The van der Waals surface area contributed by atoms with Gasteiger partial charge in [-0.25, -0.2) is 13.2 Å². The summed E-state index contributed by atoms with van der Waals surface area (Å²) in [5.74, 6) is -0.813. The van der Waals surface area contributed by atoms with E-state index in [1.165, 1.54) is 4.31 Å². The minimum Gasteiger partial charge on any atom is -0.450 e. The van der Waals surface area contributed by atoms with Crippen molar-refractivity contribution >= 4 is 22.0 Å². The predicted octanol–water partition coefficient (Wildman–Crippen LogP) is 0.312. The average molecular weight is 394 g/mol. The van der Waals surface area contributed by atoms with Crippen LogP contribution in [0.15, 0.2) is 0 Å². The molecule has 1 aliphatic rings. The van der Waals surface area contributed by atoms with Crippen molar-refractivity contribution < 1.29 is 27.5 Å². The largest absolute Gasteiger partial charge is 0.450 e. The van der Waals surface area contributed by atoms with Crippen LogP contribution in [0.4, 0.5) is 4.79 Å². The highest BCUT2D eigenvalue weighted by molar-refractivity contribution is 7.89. The van der Waals surface area contributed by atoms with Gasteiger partial charge in [0, 0.05) is 19.6 Å². The number of carbonyl (C=O) groups excluding carboxylic acids is 2. The molecule has 0 radical (unpaired) electrons. The van der Waals surface area contributed by atoms with Gasteiger partial charge >= 0.3 is 6.09 Å². The Hall–Kier alpha value is -1.39. The maximum absolute atomic E-state index is 12.5. The van der Waals surface area contributed by atoms with E-state index in [1.807, 2.05) is 13.8 Å². The zero-order valence-electron chi connectivity index (χ0n) is 16.1. The molecule has 1 aliphatic heterocycles. The maximum Gasteiger partial charge on any atom is 0.407 e. The molecule has 1 saturated heterocycles. The number of rotatable bonds is 8. The second kappa shape index (κ2) is 10.1. The normalized spacial score (nSPS) is 22.7. The lowest BCUT2D eigenvalue weighted by atomic mass is 10.0. The van der Waals surface area contributed by atoms with E-state index in [2.05, 4.69) is 10.6 Å². The van der Waals surface area contributed by atoms with Gasteiger partial charge in [-0.3, -0.25) is 4.79 Å². The van der Waals surface area contributed by atoms with Gasteiger partial charge in [-0.1, -0.05) is 13.8 Å². The Kier molecular flexibility index (Phi) is 8.78. The summed E-state index contributed by atoms with van der Waals surface area (Å²) in [6.07, 6.45) is -1.00. The van der Waals surface area contributed by atoms with Gasteiger partial charge in [-0.15, -0.1) is 0 Å². The molecule has 0 bridgehead atoms. The van der Waals surface area contributed by atoms with Gasteiger partial charge in [0.15, 0.2) is 0 Å². The van der Waals surface area contributed by atoms with Crippen LogP contribution in [0.1, 0.15) is 34.6 Å². The second-order valence-electron chi connectivity index (χ2n) is 6.77. The smallest absolute Gasteiger partial charge is 0.407 e. The van der Waals surface area contributed by atoms with Crippen LogP contribution in [0.25, 0.3) is 0 Å². The van der Waals surface area contributed by atoms with E-state index in [-0.39, 0.29) is 37.0 Å². The highest BCUT2D eigenvalue weighted by atomic mass is 32.2. The monoisotopic (exact) mass is 393 g/mol. The van der Waals surface area contributed by atoms with Crippen LogP contribution < -0.4 is 10.6 Å². The maximum atomic E-state index is 12.5. The standard InChI is InChI=1S/C16H31N3O6S/c1-6-24-16(21)18-14(11(2)3)15(20)17-7-8-26(22,23)19-9-12(4)25-13(5)10-19/h11-14H,6-10H2,1-5H3,(H,17,20)(H,18,21). The van der Waals surface area contributed by atoms with E-state index in [4.69, 9.17) is 9.47 Å². The van der Waals surface area contributed by atoms with Crippen molar-refractivity contribution in [3.8, 4) is 0 Å². The van der Waals surface area contributed by atoms with E-state index in [0.29, 0.717) is 13.1 Å². The molecule has 2 N–H and O–H groups in total. The molecule has 0 aromatic carbocycles. The fourth-order valence-electron chi connectivity index (χ4n) is 2.73. The Balaban J connectivity index is 2.55. The first-order chi connectivity index (χ1) is 12.1. The summed E-state index contributed by atoms with van der Waals surface area (Å²) in [5.41, 5.74) is 0. The van der Waals surface area contributed by atoms with Gasteiger partial charge < -0.3 is 20.1 Å². The molecule has 1 rings (SSSR count). The minimum atomic E-state index is -3.50. The van der Waals surface area contributed by atoms with Crippen molar-refractivity contribution in [2.45, 2.75) is 52.9 Å². The lowest BCUT2D eigenvalue weighted by molar-refractivity contribution is -0.123.